The molecule has 3 heterocycles. The Bertz CT molecular complexity index is 898. The first-order valence-electron chi connectivity index (χ1n) is 8.67. The average molecular weight is 357 g/mol. The van der Waals surface area contributed by atoms with Crippen LogP contribution in [-0.2, 0) is 17.9 Å². The molecule has 26 heavy (non-hydrogen) atoms. The molecule has 136 valence electrons. The predicted molar refractivity (Wildman–Crippen MR) is 92.7 cm³/mol. The number of benzene rings is 1. The second-order valence-corrected chi connectivity index (χ2v) is 6.87. The summed E-state index contributed by atoms with van der Waals surface area (Å²) in [7, 11) is 0. The highest BCUT2D eigenvalue weighted by atomic mass is 19.1. The molecule has 4 atom stereocenters. The van der Waals surface area contributed by atoms with Crippen LogP contribution in [0.2, 0.25) is 0 Å². The minimum Gasteiger partial charge on any atom is -0.396 e. The number of aliphatic hydroxyl groups is 1. The van der Waals surface area contributed by atoms with Gasteiger partial charge in [-0.3, -0.25) is 9.59 Å². The fourth-order valence-electron chi connectivity index (χ4n) is 4.15. The highest BCUT2D eigenvalue weighted by Gasteiger charge is 2.50. The number of fused-ring (bicyclic) bond motifs is 4. The van der Waals surface area contributed by atoms with Crippen molar-refractivity contribution in [1.82, 2.24) is 15.2 Å². The summed E-state index contributed by atoms with van der Waals surface area (Å²) >= 11 is 0. The summed E-state index contributed by atoms with van der Waals surface area (Å²) in [4.78, 5) is 25.0. The number of nitrogens with zero attached hydrogens (tertiary/aromatic N) is 1. The minimum atomic E-state index is -0.492. The summed E-state index contributed by atoms with van der Waals surface area (Å²) in [6.45, 7) is 0.504. The van der Waals surface area contributed by atoms with Crippen LogP contribution in [0.3, 0.4) is 0 Å². The molecule has 2 aromatic rings. The van der Waals surface area contributed by atoms with Gasteiger partial charge in [-0.15, -0.1) is 0 Å². The van der Waals surface area contributed by atoms with E-state index in [-0.39, 0.29) is 48.4 Å². The molecule has 2 bridgehead atoms. The number of carbonyl (C=O) groups is 1. The molecule has 1 amide bonds. The van der Waals surface area contributed by atoms with Gasteiger partial charge in [-0.05, 0) is 23.8 Å². The van der Waals surface area contributed by atoms with Crippen molar-refractivity contribution in [2.45, 2.75) is 25.2 Å². The molecule has 2 aliphatic heterocycles. The van der Waals surface area contributed by atoms with Crippen molar-refractivity contribution in [2.24, 2.45) is 11.8 Å². The number of hydrogen-bond acceptors (Lipinski definition) is 4. The SMILES string of the molecule is O=C(NCc1cccc(F)c1)[C@H]1[C@H](CO)[C@H]2Cn3c(cccc3=O)[C@@H]1N2. The van der Waals surface area contributed by atoms with E-state index in [1.54, 1.807) is 22.8 Å². The molecule has 0 spiro atoms. The molecule has 2 aliphatic rings. The van der Waals surface area contributed by atoms with Gasteiger partial charge in [0.15, 0.2) is 0 Å². The van der Waals surface area contributed by atoms with Gasteiger partial charge in [-0.1, -0.05) is 18.2 Å². The lowest BCUT2D eigenvalue weighted by molar-refractivity contribution is -0.127. The molecule has 0 radical (unpaired) electrons. The molecule has 0 saturated carbocycles. The number of halogens is 1. The molecule has 1 aromatic carbocycles. The summed E-state index contributed by atoms with van der Waals surface area (Å²) in [6, 6.07) is 10.6. The zero-order chi connectivity index (χ0) is 18.3. The summed E-state index contributed by atoms with van der Waals surface area (Å²) in [5, 5.41) is 16.1. The molecular formula is C19H20FN3O3. The molecule has 3 N–H and O–H groups in total. The van der Waals surface area contributed by atoms with Gasteiger partial charge in [0.1, 0.15) is 5.82 Å². The Balaban J connectivity index is 1.58. The molecule has 0 aliphatic carbocycles. The Morgan fingerprint density at radius 2 is 2.12 bits per heavy atom. The van der Waals surface area contributed by atoms with Crippen molar-refractivity contribution >= 4 is 5.91 Å². The topological polar surface area (TPSA) is 83.4 Å². The third kappa shape index (κ3) is 2.83. The van der Waals surface area contributed by atoms with Crippen LogP contribution in [0.25, 0.3) is 0 Å². The van der Waals surface area contributed by atoms with Crippen molar-refractivity contribution < 1.29 is 14.3 Å². The number of aliphatic hydroxyl groups excluding tert-OH is 1. The number of nitrogens with one attached hydrogen (secondary N) is 2. The summed E-state index contributed by atoms with van der Waals surface area (Å²) in [5.41, 5.74) is 1.33. The first kappa shape index (κ1) is 16.9. The van der Waals surface area contributed by atoms with Crippen LogP contribution in [0.4, 0.5) is 4.39 Å². The zero-order valence-electron chi connectivity index (χ0n) is 14.1. The van der Waals surface area contributed by atoms with Gasteiger partial charge < -0.3 is 20.3 Å². The summed E-state index contributed by atoms with van der Waals surface area (Å²) < 4.78 is 15.0. The van der Waals surface area contributed by atoms with Crippen molar-refractivity contribution in [3.05, 3.63) is 69.9 Å². The highest BCUT2D eigenvalue weighted by molar-refractivity contribution is 5.80. The number of aromatic nitrogens is 1. The first-order valence-corrected chi connectivity index (χ1v) is 8.67. The van der Waals surface area contributed by atoms with Gasteiger partial charge in [0.25, 0.3) is 5.56 Å². The largest absolute Gasteiger partial charge is 0.396 e. The zero-order valence-corrected chi connectivity index (χ0v) is 14.1. The number of carbonyl (C=O) groups excluding carboxylic acids is 1. The van der Waals surface area contributed by atoms with Crippen molar-refractivity contribution in [2.75, 3.05) is 6.61 Å². The molecule has 1 saturated heterocycles. The lowest BCUT2D eigenvalue weighted by atomic mass is 9.86. The monoisotopic (exact) mass is 357 g/mol. The highest BCUT2D eigenvalue weighted by Crippen LogP contribution is 2.40. The van der Waals surface area contributed by atoms with E-state index in [0.717, 1.165) is 5.69 Å². The fraction of sp³-hybridized carbons (Fsp3) is 0.368. The molecule has 7 heteroatoms. The van der Waals surface area contributed by atoms with Crippen LogP contribution in [0.15, 0.2) is 47.3 Å². The van der Waals surface area contributed by atoms with E-state index in [0.29, 0.717) is 12.1 Å². The molecule has 4 rings (SSSR count). The Kier molecular flexibility index (Phi) is 4.34. The average Bonchev–Trinajstić information content (AvgIpc) is 2.93. The van der Waals surface area contributed by atoms with Crippen LogP contribution < -0.4 is 16.2 Å². The maximum Gasteiger partial charge on any atom is 0.250 e. The Morgan fingerprint density at radius 1 is 1.31 bits per heavy atom. The first-order chi connectivity index (χ1) is 12.6. The van der Waals surface area contributed by atoms with Crippen molar-refractivity contribution in [3.8, 4) is 0 Å². The second-order valence-electron chi connectivity index (χ2n) is 6.87. The van der Waals surface area contributed by atoms with Crippen LogP contribution in [0, 0.1) is 17.7 Å². The van der Waals surface area contributed by atoms with E-state index in [4.69, 9.17) is 0 Å². The summed E-state index contributed by atoms with van der Waals surface area (Å²) in [5.74, 6) is -1.34. The van der Waals surface area contributed by atoms with Gasteiger partial charge >= 0.3 is 0 Å². The van der Waals surface area contributed by atoms with Gasteiger partial charge in [-0.2, -0.15) is 0 Å². The van der Waals surface area contributed by atoms with Crippen molar-refractivity contribution in [1.29, 1.82) is 0 Å². The molecule has 1 aromatic heterocycles. The number of hydrogen-bond donors (Lipinski definition) is 3. The fourth-order valence-corrected chi connectivity index (χ4v) is 4.15. The van der Waals surface area contributed by atoms with Gasteiger partial charge in [0, 0.05) is 43.4 Å². The van der Waals surface area contributed by atoms with E-state index >= 15 is 0 Å². The van der Waals surface area contributed by atoms with Crippen molar-refractivity contribution in [3.63, 3.8) is 0 Å². The standard InChI is InChI=1S/C19H20FN3O3/c20-12-4-1-3-11(7-12)8-21-19(26)17-13(10-24)14-9-23-15(18(17)22-14)5-2-6-16(23)25/h1-7,13-14,17-18,22,24H,8-10H2,(H,21,26)/t13-,14-,17+,18+/m1/s1. The Hall–Kier alpha value is -2.51. The van der Waals surface area contributed by atoms with Crippen LogP contribution >= 0.6 is 0 Å². The molecular weight excluding hydrogens is 337 g/mol. The minimum absolute atomic E-state index is 0.100. The Labute approximate surface area is 149 Å². The van der Waals surface area contributed by atoms with E-state index in [9.17, 15) is 19.1 Å². The third-order valence-electron chi connectivity index (χ3n) is 5.38. The van der Waals surface area contributed by atoms with Gasteiger partial charge in [0.05, 0.1) is 12.0 Å². The van der Waals surface area contributed by atoms with Crippen LogP contribution in [0.5, 0.6) is 0 Å². The maximum atomic E-state index is 13.3. The number of pyridine rings is 1. The van der Waals surface area contributed by atoms with Gasteiger partial charge in [0.2, 0.25) is 5.91 Å². The predicted octanol–water partition coefficient (Wildman–Crippen LogP) is 0.555. The quantitative estimate of drug-likeness (QED) is 0.747. The molecule has 6 nitrogen and oxygen atoms in total. The van der Waals surface area contributed by atoms with E-state index < -0.39 is 5.92 Å². The second kappa shape index (κ2) is 6.66. The van der Waals surface area contributed by atoms with E-state index in [1.807, 2.05) is 6.07 Å². The Morgan fingerprint density at radius 3 is 2.88 bits per heavy atom. The van der Waals surface area contributed by atoms with Crippen LogP contribution in [-0.4, -0.2) is 28.2 Å². The molecule has 0 unspecified atom stereocenters. The van der Waals surface area contributed by atoms with E-state index in [2.05, 4.69) is 10.6 Å². The lowest BCUT2D eigenvalue weighted by Crippen LogP contribution is -2.43. The summed E-state index contributed by atoms with van der Waals surface area (Å²) in [6.07, 6.45) is 0. The third-order valence-corrected chi connectivity index (χ3v) is 5.38. The van der Waals surface area contributed by atoms with Gasteiger partial charge in [-0.25, -0.2) is 4.39 Å². The maximum absolute atomic E-state index is 13.3. The lowest BCUT2D eigenvalue weighted by Gasteiger charge is -2.27. The van der Waals surface area contributed by atoms with E-state index in [1.165, 1.54) is 18.2 Å². The normalized spacial score (nSPS) is 26.4. The number of amides is 1. The van der Waals surface area contributed by atoms with Crippen LogP contribution in [0.1, 0.15) is 17.3 Å². The molecule has 1 fully saturated rings. The number of rotatable bonds is 4. The smallest absolute Gasteiger partial charge is 0.250 e.